The molecule has 0 aliphatic heterocycles. The molecule has 0 aromatic carbocycles. The Balaban J connectivity index is -0.00000000800. The van der Waals surface area contributed by atoms with Crippen molar-refractivity contribution in [2.75, 3.05) is 0 Å². The zero-order valence-electron chi connectivity index (χ0n) is 6.96. The molecule has 13 heteroatoms. The molecule has 0 heterocycles. The molecule has 0 bridgehead atoms. The van der Waals surface area contributed by atoms with Crippen LogP contribution in [0.3, 0.4) is 0 Å². The molecule has 0 saturated heterocycles. The summed E-state index contributed by atoms with van der Waals surface area (Å²) in [4.78, 5) is 16.7. The average Bonchev–Trinajstić information content (AvgIpc) is 1.25. The van der Waals surface area contributed by atoms with Gasteiger partial charge in [0, 0.05) is 0 Å². The summed E-state index contributed by atoms with van der Waals surface area (Å²) in [6.45, 7) is 0. The Morgan fingerprint density at radius 3 is 0.769 bits per heavy atom. The zero-order chi connectivity index (χ0) is 7.15. The van der Waals surface area contributed by atoms with Crippen molar-refractivity contribution in [3.63, 3.8) is 0 Å². The third-order valence-electron chi connectivity index (χ3n) is 0. The molecule has 0 aromatic heterocycles. The van der Waals surface area contributed by atoms with Gasteiger partial charge in [0.25, 0.3) is 10.2 Å². The molecule has 14 N–H and O–H groups in total. The van der Waals surface area contributed by atoms with E-state index >= 15 is 0 Å². The van der Waals surface area contributed by atoms with Crippen LogP contribution < -0.4 is 24.6 Å². The quantitative estimate of drug-likeness (QED) is 0.191. The maximum absolute atomic E-state index is 8.36. The van der Waals surface area contributed by atoms with Crippen molar-refractivity contribution in [3.05, 3.63) is 20.2 Å². The predicted molar refractivity (Wildman–Crippen MR) is 37.7 cm³/mol. The second-order valence-electron chi connectivity index (χ2n) is 0.476. The van der Waals surface area contributed by atoms with Crippen LogP contribution in [0.25, 0.3) is 0 Å². The molecule has 0 aliphatic rings. The van der Waals surface area contributed by atoms with Gasteiger partial charge in [-0.05, 0) is 0 Å². The first-order chi connectivity index (χ1) is 3.46. The number of hydrogen-bond donors (Lipinski definition) is 6. The van der Waals surface area contributed by atoms with Gasteiger partial charge in [-0.15, -0.1) is 20.2 Å². The molecule has 0 aliphatic carbocycles. The fourth-order valence-corrected chi connectivity index (χ4v) is 0. The Hall–Kier alpha value is -1.14. The molecule has 0 atom stereocenters. The minimum Gasteiger partial charge on any atom is -0.344 e. The topological polar surface area (TPSA) is 267 Å². The van der Waals surface area contributed by atoms with E-state index in [1.165, 1.54) is 0 Å². The molecular weight excluding hydrogens is 245 g/mol. The molecule has 13 heavy (non-hydrogen) atoms. The normalized spacial score (nSPS) is 3.69. The second-order valence-corrected chi connectivity index (χ2v) is 0.476. The van der Waals surface area contributed by atoms with Crippen molar-refractivity contribution >= 4 is 0 Å². The van der Waals surface area contributed by atoms with E-state index in [1.807, 2.05) is 0 Å². The first-order valence-electron chi connectivity index (χ1n) is 1.13. The van der Waals surface area contributed by atoms with Crippen LogP contribution >= 0.6 is 0 Å². The van der Waals surface area contributed by atoms with Crippen molar-refractivity contribution < 1.29 is 40.1 Å². The SMILES string of the molecule is N.N.N.N.O=[N+]([O-])O.O=[N+]([O-])O.[Zn+2]. The van der Waals surface area contributed by atoms with Crippen molar-refractivity contribution in [3.8, 4) is 0 Å². The predicted octanol–water partition coefficient (Wildman–Crippen LogP) is -0.0499. The Bertz CT molecular complexity index is 75.1. The van der Waals surface area contributed by atoms with Crippen LogP contribution in [0.4, 0.5) is 0 Å². The molecule has 0 spiro atoms. The third kappa shape index (κ3) is 661. The fourth-order valence-electron chi connectivity index (χ4n) is 0. The van der Waals surface area contributed by atoms with Crippen LogP contribution in [0.2, 0.25) is 0 Å². The summed E-state index contributed by atoms with van der Waals surface area (Å²) in [6.07, 6.45) is 0. The summed E-state index contributed by atoms with van der Waals surface area (Å²) < 4.78 is 0. The van der Waals surface area contributed by atoms with Gasteiger partial charge in [0.15, 0.2) is 0 Å². The van der Waals surface area contributed by atoms with Crippen LogP contribution in [0, 0.1) is 20.2 Å². The van der Waals surface area contributed by atoms with E-state index in [1.54, 1.807) is 0 Å². The van der Waals surface area contributed by atoms with E-state index in [2.05, 4.69) is 0 Å². The molecule has 0 unspecified atom stereocenters. The summed E-state index contributed by atoms with van der Waals surface area (Å²) >= 11 is 0. The standard InChI is InChI=1S/2HNO3.4H3N.Zn/c2*2-1(3)4;;;;;/h2*(H,2,3,4);4*1H3;/q;;;;;;+2. The summed E-state index contributed by atoms with van der Waals surface area (Å²) in [5, 5.41) is 27.3. The molecule has 80 valence electrons. The Morgan fingerprint density at radius 1 is 0.769 bits per heavy atom. The van der Waals surface area contributed by atoms with Crippen molar-refractivity contribution in [1.29, 1.82) is 0 Å². The first kappa shape index (κ1) is 59.2. The van der Waals surface area contributed by atoms with E-state index < -0.39 is 10.2 Å². The molecular formula is H14N6O6Zn+2. The third-order valence-corrected chi connectivity index (χ3v) is 0. The Kier molecular flexibility index (Phi) is 203. The van der Waals surface area contributed by atoms with Gasteiger partial charge in [-0.3, -0.25) is 0 Å². The van der Waals surface area contributed by atoms with Gasteiger partial charge in [-0.1, -0.05) is 0 Å². The Morgan fingerprint density at radius 2 is 0.769 bits per heavy atom. The van der Waals surface area contributed by atoms with Crippen LogP contribution in [0.1, 0.15) is 0 Å². The summed E-state index contributed by atoms with van der Waals surface area (Å²) in [5.41, 5.74) is 0. The maximum atomic E-state index is 8.36. The van der Waals surface area contributed by atoms with E-state index in [0.29, 0.717) is 0 Å². The van der Waals surface area contributed by atoms with E-state index in [4.69, 9.17) is 30.6 Å². The van der Waals surface area contributed by atoms with E-state index in [0.717, 1.165) is 0 Å². The number of rotatable bonds is 0. The monoisotopic (exact) mass is 258 g/mol. The van der Waals surface area contributed by atoms with Crippen LogP contribution in [-0.4, -0.2) is 20.6 Å². The number of nitrogens with zero attached hydrogens (tertiary/aromatic N) is 2. The summed E-state index contributed by atoms with van der Waals surface area (Å²) in [5.74, 6) is 0. The Labute approximate surface area is 85.6 Å². The van der Waals surface area contributed by atoms with Crippen LogP contribution in [-0.2, 0) is 19.5 Å². The molecule has 0 aromatic rings. The minimum absolute atomic E-state index is 0. The van der Waals surface area contributed by atoms with Crippen LogP contribution in [0.5, 0.6) is 0 Å². The van der Waals surface area contributed by atoms with Gasteiger partial charge < -0.3 is 35.0 Å². The smallest absolute Gasteiger partial charge is 0.344 e. The fraction of sp³-hybridized carbons (Fsp3) is 0. The molecule has 12 nitrogen and oxygen atoms in total. The van der Waals surface area contributed by atoms with Crippen molar-refractivity contribution in [2.45, 2.75) is 0 Å². The maximum Gasteiger partial charge on any atom is 2.00 e. The molecule has 0 amide bonds. The van der Waals surface area contributed by atoms with Gasteiger partial charge in [0.1, 0.15) is 0 Å². The van der Waals surface area contributed by atoms with E-state index in [-0.39, 0.29) is 44.1 Å². The molecule has 0 radical (unpaired) electrons. The van der Waals surface area contributed by atoms with Gasteiger partial charge in [0.2, 0.25) is 0 Å². The first-order valence-corrected chi connectivity index (χ1v) is 1.13. The second kappa shape index (κ2) is 44.7. The molecule has 0 saturated carbocycles. The minimum atomic E-state index is -1.50. The van der Waals surface area contributed by atoms with Crippen molar-refractivity contribution in [2.24, 2.45) is 0 Å². The average molecular weight is 260 g/mol. The summed E-state index contributed by atoms with van der Waals surface area (Å²) in [6, 6.07) is 0. The van der Waals surface area contributed by atoms with Gasteiger partial charge in [0.05, 0.1) is 0 Å². The summed E-state index contributed by atoms with van der Waals surface area (Å²) in [7, 11) is 0. The van der Waals surface area contributed by atoms with Gasteiger partial charge >= 0.3 is 19.5 Å². The van der Waals surface area contributed by atoms with Gasteiger partial charge in [-0.25, -0.2) is 0 Å². The molecule has 0 rings (SSSR count). The molecule has 0 fully saturated rings. The zero-order valence-corrected chi connectivity index (χ0v) is 9.92. The van der Waals surface area contributed by atoms with Crippen molar-refractivity contribution in [1.82, 2.24) is 24.6 Å². The van der Waals surface area contributed by atoms with Crippen LogP contribution in [0.15, 0.2) is 0 Å². The van der Waals surface area contributed by atoms with Gasteiger partial charge in [-0.2, -0.15) is 0 Å². The number of hydrogen-bond acceptors (Lipinski definition) is 8. The largest absolute Gasteiger partial charge is 2.00 e. The van der Waals surface area contributed by atoms with E-state index in [9.17, 15) is 0 Å².